The first-order valence-electron chi connectivity index (χ1n) is 5.45. The molecule has 0 spiro atoms. The summed E-state index contributed by atoms with van der Waals surface area (Å²) in [4.78, 5) is 0. The van der Waals surface area contributed by atoms with Crippen molar-refractivity contribution < 1.29 is 9.15 Å². The Balaban J connectivity index is 1.62. The minimum Gasteiger partial charge on any atom is -0.497 e. The van der Waals surface area contributed by atoms with Crippen LogP contribution in [0.1, 0.15) is 11.3 Å². The fourth-order valence-corrected chi connectivity index (χ4v) is 4.83. The van der Waals surface area contributed by atoms with Gasteiger partial charge in [0, 0.05) is 5.75 Å². The van der Waals surface area contributed by atoms with E-state index in [9.17, 15) is 0 Å². The molecule has 1 aromatic carbocycles. The van der Waals surface area contributed by atoms with Crippen LogP contribution in [0, 0.1) is 0 Å². The quantitative estimate of drug-likeness (QED) is 0.527. The highest BCUT2D eigenvalue weighted by Gasteiger charge is 1.99. The van der Waals surface area contributed by atoms with Gasteiger partial charge < -0.3 is 9.15 Å². The van der Waals surface area contributed by atoms with E-state index in [1.165, 1.54) is 5.56 Å². The van der Waals surface area contributed by atoms with Gasteiger partial charge >= 0.3 is 0 Å². The zero-order valence-corrected chi connectivity index (χ0v) is 12.4. The second-order valence-corrected chi connectivity index (χ2v) is 7.75. The van der Waals surface area contributed by atoms with Crippen molar-refractivity contribution in [2.45, 2.75) is 11.5 Å². The maximum atomic E-state index is 5.27. The molecule has 0 aliphatic carbocycles. The minimum atomic E-state index is 0.906. The van der Waals surface area contributed by atoms with Crippen molar-refractivity contribution in [1.29, 1.82) is 0 Å². The smallest absolute Gasteiger partial charge is 0.118 e. The molecular weight excluding hydrogens is 284 g/mol. The van der Waals surface area contributed by atoms with Gasteiger partial charge in [0.15, 0.2) is 0 Å². The van der Waals surface area contributed by atoms with E-state index in [4.69, 9.17) is 9.15 Å². The topological polar surface area (TPSA) is 22.4 Å². The van der Waals surface area contributed by atoms with Crippen molar-refractivity contribution in [3.63, 3.8) is 0 Å². The molecule has 0 radical (unpaired) electrons. The van der Waals surface area contributed by atoms with E-state index in [1.807, 2.05) is 35.1 Å². The van der Waals surface area contributed by atoms with Gasteiger partial charge in [-0.15, -0.1) is 0 Å². The number of ether oxygens (including phenoxy) is 1. The summed E-state index contributed by atoms with van der Waals surface area (Å²) >= 11 is 0. The van der Waals surface area contributed by atoms with Crippen LogP contribution in [0.15, 0.2) is 47.1 Å². The molecule has 2 aromatic rings. The molecule has 0 saturated heterocycles. The zero-order valence-electron chi connectivity index (χ0n) is 10.00. The SMILES string of the molecule is COc1ccc(CSSSCc2ccco2)cc1. The maximum Gasteiger partial charge on any atom is 0.118 e. The third-order valence-electron chi connectivity index (χ3n) is 2.26. The molecular formula is C13H14O2S3. The van der Waals surface area contributed by atoms with Gasteiger partial charge in [-0.1, -0.05) is 33.7 Å². The highest BCUT2D eigenvalue weighted by Crippen LogP contribution is 2.38. The van der Waals surface area contributed by atoms with Crippen molar-refractivity contribution >= 4 is 31.4 Å². The van der Waals surface area contributed by atoms with Crippen molar-refractivity contribution in [2.24, 2.45) is 0 Å². The largest absolute Gasteiger partial charge is 0.497 e. The van der Waals surface area contributed by atoms with Gasteiger partial charge in [0.2, 0.25) is 0 Å². The van der Waals surface area contributed by atoms with E-state index in [0.29, 0.717) is 0 Å². The van der Waals surface area contributed by atoms with E-state index in [-0.39, 0.29) is 0 Å². The highest BCUT2D eigenvalue weighted by atomic mass is 33.5. The second kappa shape index (κ2) is 7.71. The summed E-state index contributed by atoms with van der Waals surface area (Å²) in [5.41, 5.74) is 1.31. The fourth-order valence-electron chi connectivity index (χ4n) is 1.32. The summed E-state index contributed by atoms with van der Waals surface area (Å²) in [5.74, 6) is 3.84. The van der Waals surface area contributed by atoms with Gasteiger partial charge in [-0.25, -0.2) is 0 Å². The van der Waals surface area contributed by atoms with Crippen LogP contribution in [0.3, 0.4) is 0 Å². The number of rotatable bonds is 7. The van der Waals surface area contributed by atoms with Crippen LogP contribution in [0.5, 0.6) is 5.75 Å². The predicted molar refractivity (Wildman–Crippen MR) is 81.9 cm³/mol. The van der Waals surface area contributed by atoms with Crippen LogP contribution in [-0.2, 0) is 11.5 Å². The van der Waals surface area contributed by atoms with E-state index in [0.717, 1.165) is 23.0 Å². The lowest BCUT2D eigenvalue weighted by Crippen LogP contribution is -1.83. The average molecular weight is 298 g/mol. The minimum absolute atomic E-state index is 0.906. The zero-order chi connectivity index (χ0) is 12.6. The Hall–Kier alpha value is -0.650. The van der Waals surface area contributed by atoms with Gasteiger partial charge in [0.1, 0.15) is 11.5 Å². The summed E-state index contributed by atoms with van der Waals surface area (Å²) in [7, 11) is 7.12. The summed E-state index contributed by atoms with van der Waals surface area (Å²) in [6.45, 7) is 0. The molecule has 0 saturated carbocycles. The average Bonchev–Trinajstić information content (AvgIpc) is 2.92. The Bertz CT molecular complexity index is 440. The standard InChI is InChI=1S/C13H14O2S3/c1-14-12-6-4-11(5-7-12)9-16-18-17-10-13-3-2-8-15-13/h2-8H,9-10H2,1H3. The van der Waals surface area contributed by atoms with E-state index < -0.39 is 0 Å². The van der Waals surface area contributed by atoms with E-state index >= 15 is 0 Å². The molecule has 0 bridgehead atoms. The molecule has 0 fully saturated rings. The number of hydrogen-bond donors (Lipinski definition) is 0. The Morgan fingerprint density at radius 2 is 1.83 bits per heavy atom. The first-order chi connectivity index (χ1) is 8.88. The molecule has 1 heterocycles. The van der Waals surface area contributed by atoms with Crippen molar-refractivity contribution in [1.82, 2.24) is 0 Å². The molecule has 5 heteroatoms. The van der Waals surface area contributed by atoms with Crippen LogP contribution in [0.25, 0.3) is 0 Å². The van der Waals surface area contributed by atoms with Crippen LogP contribution in [0.4, 0.5) is 0 Å². The molecule has 2 rings (SSSR count). The first kappa shape index (κ1) is 13.8. The van der Waals surface area contributed by atoms with Crippen LogP contribution < -0.4 is 4.74 Å². The third-order valence-corrected chi connectivity index (χ3v) is 6.32. The first-order valence-corrected chi connectivity index (χ1v) is 9.27. The monoisotopic (exact) mass is 298 g/mol. The third kappa shape index (κ3) is 4.55. The van der Waals surface area contributed by atoms with Gasteiger partial charge in [-0.05, 0) is 39.7 Å². The number of hydrogen-bond acceptors (Lipinski definition) is 5. The Morgan fingerprint density at radius 3 is 2.50 bits per heavy atom. The molecule has 0 aliphatic heterocycles. The molecule has 0 atom stereocenters. The Labute approximate surface area is 119 Å². The summed E-state index contributed by atoms with van der Waals surface area (Å²) in [6.07, 6.45) is 1.71. The molecule has 2 nitrogen and oxygen atoms in total. The van der Waals surface area contributed by atoms with Gasteiger partial charge in [-0.2, -0.15) is 0 Å². The molecule has 0 aliphatic rings. The van der Waals surface area contributed by atoms with Crippen LogP contribution in [0.2, 0.25) is 0 Å². The summed E-state index contributed by atoms with van der Waals surface area (Å²) in [5, 5.41) is 0. The highest BCUT2D eigenvalue weighted by molar-refractivity contribution is 9.09. The number of methoxy groups -OCH3 is 1. The van der Waals surface area contributed by atoms with Gasteiger partial charge in [-0.3, -0.25) is 0 Å². The lowest BCUT2D eigenvalue weighted by atomic mass is 10.2. The van der Waals surface area contributed by atoms with E-state index in [2.05, 4.69) is 12.1 Å². The van der Waals surface area contributed by atoms with Gasteiger partial charge in [0.05, 0.1) is 19.1 Å². The lowest BCUT2D eigenvalue weighted by Gasteiger charge is -2.02. The van der Waals surface area contributed by atoms with Crippen molar-refractivity contribution in [3.05, 3.63) is 54.0 Å². The van der Waals surface area contributed by atoms with Crippen LogP contribution >= 0.6 is 31.4 Å². The molecule has 0 N–H and O–H groups in total. The Morgan fingerprint density at radius 1 is 1.06 bits per heavy atom. The van der Waals surface area contributed by atoms with Crippen molar-refractivity contribution in [3.8, 4) is 5.75 Å². The number of furan rings is 1. The number of benzene rings is 1. The molecule has 0 unspecified atom stereocenters. The predicted octanol–water partition coefficient (Wildman–Crippen LogP) is 5.02. The van der Waals surface area contributed by atoms with E-state index in [1.54, 1.807) is 34.0 Å². The normalized spacial score (nSPS) is 10.5. The second-order valence-electron chi connectivity index (χ2n) is 3.52. The van der Waals surface area contributed by atoms with Crippen molar-refractivity contribution in [2.75, 3.05) is 7.11 Å². The molecule has 1 aromatic heterocycles. The molecule has 96 valence electrons. The fraction of sp³-hybridized carbons (Fsp3) is 0.231. The molecule has 18 heavy (non-hydrogen) atoms. The lowest BCUT2D eigenvalue weighted by molar-refractivity contribution is 0.414. The summed E-state index contributed by atoms with van der Waals surface area (Å²) < 4.78 is 10.4. The summed E-state index contributed by atoms with van der Waals surface area (Å²) in [6, 6.07) is 12.1. The Kier molecular flexibility index (Phi) is 5.90. The maximum absolute atomic E-state index is 5.27. The van der Waals surface area contributed by atoms with Crippen LogP contribution in [-0.4, -0.2) is 7.11 Å². The molecule has 0 amide bonds. The van der Waals surface area contributed by atoms with Gasteiger partial charge in [0.25, 0.3) is 0 Å².